The van der Waals surface area contributed by atoms with Crippen molar-refractivity contribution in [2.24, 2.45) is 0 Å². The van der Waals surface area contributed by atoms with Gasteiger partial charge < -0.3 is 10.6 Å². The number of hydrogen-bond acceptors (Lipinski definition) is 4. The summed E-state index contributed by atoms with van der Waals surface area (Å²) in [5.74, 6) is 0.0351. The molecule has 0 fully saturated rings. The van der Waals surface area contributed by atoms with Gasteiger partial charge in [0.25, 0.3) is 5.91 Å². The Kier molecular flexibility index (Phi) is 4.90. The molecule has 114 valence electrons. The molecule has 0 aliphatic heterocycles. The normalized spacial score (nSPS) is 11.1. The molecule has 1 amide bonds. The number of nitrogen functional groups attached to an aromatic ring is 1. The minimum absolute atomic E-state index is 0.164. The van der Waals surface area contributed by atoms with E-state index in [1.54, 1.807) is 4.90 Å². The number of thiophene rings is 1. The first kappa shape index (κ1) is 15.9. The van der Waals surface area contributed by atoms with Crippen molar-refractivity contribution in [3.05, 3.63) is 32.7 Å². The van der Waals surface area contributed by atoms with Gasteiger partial charge >= 0.3 is 0 Å². The maximum atomic E-state index is 12.6. The molecule has 0 saturated heterocycles. The summed E-state index contributed by atoms with van der Waals surface area (Å²) in [7, 11) is 0. The van der Waals surface area contributed by atoms with Crippen LogP contribution in [-0.2, 0) is 6.54 Å². The molecular weight excluding hydrogens is 308 g/mol. The first-order valence-corrected chi connectivity index (χ1v) is 8.00. The van der Waals surface area contributed by atoms with Crippen LogP contribution >= 0.6 is 22.9 Å². The van der Waals surface area contributed by atoms with E-state index in [4.69, 9.17) is 17.3 Å². The fraction of sp³-hybridized carbons (Fsp3) is 0.429. The molecule has 2 aromatic rings. The number of nitrogens with two attached hydrogens (primary N) is 1. The fourth-order valence-corrected chi connectivity index (χ4v) is 3.17. The summed E-state index contributed by atoms with van der Waals surface area (Å²) in [5.41, 5.74) is 7.57. The lowest BCUT2D eigenvalue weighted by Crippen LogP contribution is -2.30. The smallest absolute Gasteiger partial charge is 0.276 e. The molecule has 2 heterocycles. The second kappa shape index (κ2) is 6.49. The molecule has 3 N–H and O–H groups in total. The van der Waals surface area contributed by atoms with Gasteiger partial charge in [-0.3, -0.25) is 9.89 Å². The maximum Gasteiger partial charge on any atom is 0.276 e. The van der Waals surface area contributed by atoms with Gasteiger partial charge in [-0.25, -0.2) is 0 Å². The Labute approximate surface area is 133 Å². The van der Waals surface area contributed by atoms with Crippen molar-refractivity contribution in [1.82, 2.24) is 15.1 Å². The number of anilines is 1. The quantitative estimate of drug-likeness (QED) is 0.883. The van der Waals surface area contributed by atoms with Crippen LogP contribution in [0.2, 0.25) is 4.34 Å². The maximum absolute atomic E-state index is 12.6. The van der Waals surface area contributed by atoms with Crippen molar-refractivity contribution in [3.8, 4) is 0 Å². The van der Waals surface area contributed by atoms with Gasteiger partial charge in [-0.05, 0) is 25.0 Å². The number of nitrogens with one attached hydrogen (secondary N) is 1. The molecule has 5 nitrogen and oxygen atoms in total. The lowest BCUT2D eigenvalue weighted by atomic mass is 10.1. The highest BCUT2D eigenvalue weighted by atomic mass is 35.5. The highest BCUT2D eigenvalue weighted by Gasteiger charge is 2.23. The summed E-state index contributed by atoms with van der Waals surface area (Å²) in [5, 5.41) is 6.95. The Bertz CT molecular complexity index is 635. The van der Waals surface area contributed by atoms with Crippen molar-refractivity contribution in [2.45, 2.75) is 33.2 Å². The molecule has 21 heavy (non-hydrogen) atoms. The predicted octanol–water partition coefficient (Wildman–Crippen LogP) is 3.49. The monoisotopic (exact) mass is 326 g/mol. The van der Waals surface area contributed by atoms with E-state index in [2.05, 4.69) is 10.2 Å². The zero-order valence-corrected chi connectivity index (χ0v) is 13.9. The second-order valence-corrected chi connectivity index (χ2v) is 6.88. The second-order valence-electron chi connectivity index (χ2n) is 5.08. The van der Waals surface area contributed by atoms with E-state index in [0.717, 1.165) is 14.9 Å². The number of rotatable bonds is 5. The zero-order chi connectivity index (χ0) is 15.6. The lowest BCUT2D eigenvalue weighted by molar-refractivity contribution is 0.0749. The van der Waals surface area contributed by atoms with Crippen molar-refractivity contribution in [3.63, 3.8) is 0 Å². The average molecular weight is 327 g/mol. The zero-order valence-electron chi connectivity index (χ0n) is 12.3. The van der Waals surface area contributed by atoms with Crippen LogP contribution in [0.25, 0.3) is 0 Å². The number of amides is 1. The van der Waals surface area contributed by atoms with E-state index in [-0.39, 0.29) is 11.8 Å². The molecule has 0 unspecified atom stereocenters. The third kappa shape index (κ3) is 3.39. The van der Waals surface area contributed by atoms with Crippen LogP contribution in [0.1, 0.15) is 47.7 Å². The van der Waals surface area contributed by atoms with Crippen molar-refractivity contribution >= 4 is 34.5 Å². The average Bonchev–Trinajstić information content (AvgIpc) is 3.01. The molecule has 0 bridgehead atoms. The molecule has 2 aromatic heterocycles. The largest absolute Gasteiger partial charge is 0.395 e. The molecule has 0 aliphatic carbocycles. The summed E-state index contributed by atoms with van der Waals surface area (Å²) in [6.07, 6.45) is 0. The van der Waals surface area contributed by atoms with Gasteiger partial charge in [-0.2, -0.15) is 5.10 Å². The van der Waals surface area contributed by atoms with Gasteiger partial charge in [-0.1, -0.05) is 25.4 Å². The van der Waals surface area contributed by atoms with Gasteiger partial charge in [0.2, 0.25) is 0 Å². The highest BCUT2D eigenvalue weighted by Crippen LogP contribution is 2.25. The Balaban J connectivity index is 2.20. The van der Waals surface area contributed by atoms with E-state index >= 15 is 0 Å². The van der Waals surface area contributed by atoms with E-state index in [0.29, 0.717) is 24.5 Å². The van der Waals surface area contributed by atoms with Crippen LogP contribution in [0, 0.1) is 0 Å². The van der Waals surface area contributed by atoms with Gasteiger partial charge in [0.15, 0.2) is 5.69 Å². The molecule has 7 heteroatoms. The van der Waals surface area contributed by atoms with Gasteiger partial charge in [0.1, 0.15) is 0 Å². The molecule has 0 aliphatic rings. The van der Waals surface area contributed by atoms with Crippen LogP contribution in [0.4, 0.5) is 5.69 Å². The van der Waals surface area contributed by atoms with E-state index < -0.39 is 0 Å². The first-order chi connectivity index (χ1) is 9.93. The summed E-state index contributed by atoms with van der Waals surface area (Å²) in [6.45, 7) is 7.03. The topological polar surface area (TPSA) is 75.0 Å². The number of nitrogens with zero attached hydrogens (tertiary/aromatic N) is 2. The number of carbonyl (C=O) groups excluding carboxylic acids is 1. The van der Waals surface area contributed by atoms with Gasteiger partial charge in [-0.15, -0.1) is 11.3 Å². The molecule has 0 spiro atoms. The number of aromatic amines is 1. The SMILES string of the molecule is CCN(Cc1ccc(Cl)s1)C(=O)c1n[nH]c(C(C)C)c1N. The highest BCUT2D eigenvalue weighted by molar-refractivity contribution is 7.16. The summed E-state index contributed by atoms with van der Waals surface area (Å²) < 4.78 is 0.717. The van der Waals surface area contributed by atoms with Crippen LogP contribution in [0.5, 0.6) is 0 Å². The Hall–Kier alpha value is -1.53. The van der Waals surface area contributed by atoms with Crippen LogP contribution in [-0.4, -0.2) is 27.5 Å². The molecule has 2 rings (SSSR count). The minimum Gasteiger partial charge on any atom is -0.395 e. The van der Waals surface area contributed by atoms with Crippen molar-refractivity contribution in [1.29, 1.82) is 0 Å². The van der Waals surface area contributed by atoms with Crippen molar-refractivity contribution < 1.29 is 4.79 Å². The standard InChI is InChI=1S/C14H19ClN4OS/c1-4-19(7-9-5-6-10(15)21-9)14(20)13-11(16)12(8(2)3)17-18-13/h5-6,8H,4,7,16H2,1-3H3,(H,17,18). The van der Waals surface area contributed by atoms with Crippen LogP contribution in [0.3, 0.4) is 0 Å². The number of H-pyrrole nitrogens is 1. The third-order valence-corrected chi connectivity index (χ3v) is 4.47. The van der Waals surface area contributed by atoms with Crippen LogP contribution < -0.4 is 5.73 Å². The Morgan fingerprint density at radius 3 is 2.71 bits per heavy atom. The fourth-order valence-electron chi connectivity index (χ4n) is 2.07. The lowest BCUT2D eigenvalue weighted by Gasteiger charge is -2.19. The summed E-state index contributed by atoms with van der Waals surface area (Å²) in [4.78, 5) is 15.3. The van der Waals surface area contributed by atoms with Gasteiger partial charge in [0, 0.05) is 11.4 Å². The number of hydrogen-bond donors (Lipinski definition) is 2. The Morgan fingerprint density at radius 2 is 2.24 bits per heavy atom. The van der Waals surface area contributed by atoms with E-state index in [1.807, 2.05) is 32.9 Å². The summed E-state index contributed by atoms with van der Waals surface area (Å²) >= 11 is 7.40. The molecule has 0 radical (unpaired) electrons. The number of halogens is 1. The molecule has 0 saturated carbocycles. The Morgan fingerprint density at radius 1 is 1.52 bits per heavy atom. The van der Waals surface area contributed by atoms with Crippen LogP contribution in [0.15, 0.2) is 12.1 Å². The molecular formula is C14H19ClN4OS. The van der Waals surface area contributed by atoms with Crippen molar-refractivity contribution in [2.75, 3.05) is 12.3 Å². The molecule has 0 atom stereocenters. The first-order valence-electron chi connectivity index (χ1n) is 6.81. The number of carbonyl (C=O) groups is 1. The predicted molar refractivity (Wildman–Crippen MR) is 86.8 cm³/mol. The third-order valence-electron chi connectivity index (χ3n) is 3.26. The van der Waals surface area contributed by atoms with E-state index in [1.165, 1.54) is 11.3 Å². The van der Waals surface area contributed by atoms with E-state index in [9.17, 15) is 4.79 Å². The summed E-state index contributed by atoms with van der Waals surface area (Å²) in [6, 6.07) is 3.76. The van der Waals surface area contributed by atoms with Gasteiger partial charge in [0.05, 0.1) is 22.3 Å². The molecule has 0 aromatic carbocycles. The number of aromatic nitrogens is 2. The minimum atomic E-state index is -0.164.